The van der Waals surface area contributed by atoms with Crippen LogP contribution in [0.15, 0.2) is 66.7 Å². The molecule has 7 nitrogen and oxygen atoms in total. The molecule has 0 aromatic heterocycles. The summed E-state index contributed by atoms with van der Waals surface area (Å²) >= 11 is 0. The van der Waals surface area contributed by atoms with Crippen molar-refractivity contribution in [1.82, 2.24) is 10.2 Å². The fraction of sp³-hybridized carbons (Fsp3) is 0.292. The number of carboxylic acids is 1. The quantitative estimate of drug-likeness (QED) is 0.637. The molecule has 0 bridgehead atoms. The van der Waals surface area contributed by atoms with Gasteiger partial charge in [0.05, 0.1) is 6.04 Å². The van der Waals surface area contributed by atoms with E-state index in [1.165, 1.54) is 4.90 Å². The molecule has 1 aliphatic rings. The van der Waals surface area contributed by atoms with E-state index in [0.717, 1.165) is 11.1 Å². The zero-order valence-corrected chi connectivity index (χ0v) is 17.5. The van der Waals surface area contributed by atoms with Crippen molar-refractivity contribution in [2.75, 3.05) is 0 Å². The molecule has 1 aliphatic heterocycles. The van der Waals surface area contributed by atoms with Crippen LogP contribution in [0.25, 0.3) is 6.08 Å². The fourth-order valence-corrected chi connectivity index (χ4v) is 3.60. The maximum Gasteiger partial charge on any atom is 0.408 e. The highest BCUT2D eigenvalue weighted by Crippen LogP contribution is 2.29. The number of amides is 2. The highest BCUT2D eigenvalue weighted by atomic mass is 16.5. The zero-order valence-electron chi connectivity index (χ0n) is 17.5. The molecule has 3 rings (SSSR count). The summed E-state index contributed by atoms with van der Waals surface area (Å²) in [5.41, 5.74) is 1.73. The number of alkyl carbamates (subject to hydrolysis) is 1. The fourth-order valence-electron chi connectivity index (χ4n) is 3.60. The molecule has 2 amide bonds. The van der Waals surface area contributed by atoms with E-state index in [0.29, 0.717) is 0 Å². The number of benzene rings is 2. The van der Waals surface area contributed by atoms with Gasteiger partial charge in [-0.25, -0.2) is 9.59 Å². The van der Waals surface area contributed by atoms with Crippen molar-refractivity contribution in [3.05, 3.63) is 77.9 Å². The lowest BCUT2D eigenvalue weighted by molar-refractivity contribution is -0.165. The number of β-lactam (4-membered cyclic amide) rings is 1. The summed E-state index contributed by atoms with van der Waals surface area (Å²) in [7, 11) is 0. The van der Waals surface area contributed by atoms with Gasteiger partial charge in [-0.2, -0.15) is 0 Å². The van der Waals surface area contributed by atoms with E-state index in [1.54, 1.807) is 19.9 Å². The number of hydrogen-bond acceptors (Lipinski definition) is 4. The van der Waals surface area contributed by atoms with Gasteiger partial charge in [-0.05, 0) is 17.0 Å². The van der Waals surface area contributed by atoms with E-state index < -0.39 is 36.1 Å². The Balaban J connectivity index is 1.74. The molecule has 2 aromatic rings. The second-order valence-electron chi connectivity index (χ2n) is 7.72. The van der Waals surface area contributed by atoms with Gasteiger partial charge in [-0.1, -0.05) is 86.7 Å². The Bertz CT molecular complexity index is 943. The maximum absolute atomic E-state index is 12.8. The summed E-state index contributed by atoms with van der Waals surface area (Å²) in [4.78, 5) is 38.2. The van der Waals surface area contributed by atoms with E-state index in [1.807, 2.05) is 66.7 Å². The van der Waals surface area contributed by atoms with Crippen molar-refractivity contribution < 1.29 is 24.2 Å². The topological polar surface area (TPSA) is 95.9 Å². The van der Waals surface area contributed by atoms with Gasteiger partial charge in [0.2, 0.25) is 5.91 Å². The molecule has 0 saturated carbocycles. The minimum atomic E-state index is -1.08. The maximum atomic E-state index is 12.8. The largest absolute Gasteiger partial charge is 0.480 e. The number of carbonyl (C=O) groups excluding carboxylic acids is 2. The molecule has 31 heavy (non-hydrogen) atoms. The lowest BCUT2D eigenvalue weighted by Crippen LogP contribution is -2.74. The van der Waals surface area contributed by atoms with Gasteiger partial charge < -0.3 is 20.1 Å². The van der Waals surface area contributed by atoms with Crippen LogP contribution in [0.4, 0.5) is 4.79 Å². The standard InChI is InChI=1S/C24H26N2O5/c1-16(2)21(23(28)29)26-19(14-13-17-9-5-3-6-10-17)20(22(26)27)25-24(30)31-15-18-11-7-4-8-12-18/h3-14,16,19-21H,15H2,1-2H3,(H,25,30)(H,28,29)/t19-,20+,21?/m1/s1. The smallest absolute Gasteiger partial charge is 0.408 e. The van der Waals surface area contributed by atoms with Gasteiger partial charge in [-0.3, -0.25) is 4.79 Å². The molecule has 2 aromatic carbocycles. The second kappa shape index (κ2) is 9.93. The monoisotopic (exact) mass is 422 g/mol. The van der Waals surface area contributed by atoms with E-state index in [4.69, 9.17) is 4.74 Å². The van der Waals surface area contributed by atoms with Gasteiger partial charge in [0, 0.05) is 0 Å². The first-order chi connectivity index (χ1) is 14.9. The number of nitrogens with zero attached hydrogens (tertiary/aromatic N) is 1. The third-order valence-corrected chi connectivity index (χ3v) is 5.14. The van der Waals surface area contributed by atoms with Gasteiger partial charge in [0.15, 0.2) is 0 Å². The highest BCUT2D eigenvalue weighted by molar-refractivity contribution is 5.96. The average molecular weight is 422 g/mol. The second-order valence-corrected chi connectivity index (χ2v) is 7.72. The predicted molar refractivity (Wildman–Crippen MR) is 116 cm³/mol. The van der Waals surface area contributed by atoms with Crippen LogP contribution in [0.5, 0.6) is 0 Å². The van der Waals surface area contributed by atoms with Crippen molar-refractivity contribution in [3.8, 4) is 0 Å². The van der Waals surface area contributed by atoms with Crippen LogP contribution >= 0.6 is 0 Å². The summed E-state index contributed by atoms with van der Waals surface area (Å²) < 4.78 is 5.22. The summed E-state index contributed by atoms with van der Waals surface area (Å²) in [6.07, 6.45) is 2.83. The van der Waals surface area contributed by atoms with Crippen LogP contribution in [0.2, 0.25) is 0 Å². The van der Waals surface area contributed by atoms with Gasteiger partial charge in [0.25, 0.3) is 0 Å². The van der Waals surface area contributed by atoms with Crippen LogP contribution in [0, 0.1) is 5.92 Å². The van der Waals surface area contributed by atoms with Crippen LogP contribution in [0.3, 0.4) is 0 Å². The normalized spacial score (nSPS) is 19.2. The van der Waals surface area contributed by atoms with Crippen LogP contribution in [0.1, 0.15) is 25.0 Å². The molecule has 1 unspecified atom stereocenters. The van der Waals surface area contributed by atoms with Crippen LogP contribution in [-0.2, 0) is 20.9 Å². The first kappa shape index (κ1) is 22.1. The number of carboxylic acid groups (broad SMARTS) is 1. The third-order valence-electron chi connectivity index (χ3n) is 5.14. The number of likely N-dealkylation sites (tertiary alicyclic amines) is 1. The molecule has 0 spiro atoms. The van der Waals surface area contributed by atoms with Gasteiger partial charge >= 0.3 is 12.1 Å². The van der Waals surface area contributed by atoms with Crippen molar-refractivity contribution in [1.29, 1.82) is 0 Å². The van der Waals surface area contributed by atoms with Crippen LogP contribution in [-0.4, -0.2) is 46.1 Å². The van der Waals surface area contributed by atoms with Crippen LogP contribution < -0.4 is 5.32 Å². The van der Waals surface area contributed by atoms with Gasteiger partial charge in [0.1, 0.15) is 18.7 Å². The molecule has 1 saturated heterocycles. The Kier molecular flexibility index (Phi) is 7.07. The zero-order chi connectivity index (χ0) is 22.4. The first-order valence-corrected chi connectivity index (χ1v) is 10.1. The number of nitrogens with one attached hydrogen (secondary N) is 1. The van der Waals surface area contributed by atoms with E-state index in [9.17, 15) is 19.5 Å². The molecule has 0 aliphatic carbocycles. The first-order valence-electron chi connectivity index (χ1n) is 10.1. The van der Waals surface area contributed by atoms with Gasteiger partial charge in [-0.15, -0.1) is 0 Å². The average Bonchev–Trinajstić information content (AvgIpc) is 2.76. The molecular formula is C24H26N2O5. The number of hydrogen-bond donors (Lipinski definition) is 2. The van der Waals surface area contributed by atoms with E-state index in [-0.39, 0.29) is 12.5 Å². The number of ether oxygens (including phenoxy) is 1. The van der Waals surface area contributed by atoms with E-state index in [2.05, 4.69) is 5.32 Å². The minimum absolute atomic E-state index is 0.0750. The lowest BCUT2D eigenvalue weighted by Gasteiger charge is -2.49. The Morgan fingerprint density at radius 1 is 1.10 bits per heavy atom. The molecule has 1 fully saturated rings. The van der Waals surface area contributed by atoms with Crippen molar-refractivity contribution in [3.63, 3.8) is 0 Å². The molecular weight excluding hydrogens is 396 g/mol. The minimum Gasteiger partial charge on any atom is -0.480 e. The predicted octanol–water partition coefficient (Wildman–Crippen LogP) is 3.31. The Hall–Kier alpha value is -3.61. The molecule has 162 valence electrons. The molecule has 7 heteroatoms. The number of rotatable bonds is 8. The molecule has 2 N–H and O–H groups in total. The highest BCUT2D eigenvalue weighted by Gasteiger charge is 2.52. The molecule has 0 radical (unpaired) electrons. The third kappa shape index (κ3) is 5.31. The summed E-state index contributed by atoms with van der Waals surface area (Å²) in [6.45, 7) is 3.57. The Morgan fingerprint density at radius 3 is 2.29 bits per heavy atom. The SMILES string of the molecule is CC(C)C(C(=O)O)N1C(=O)[C@@H](NC(=O)OCc2ccccc2)[C@H]1C=Cc1ccccc1. The molecule has 3 atom stereocenters. The summed E-state index contributed by atoms with van der Waals surface area (Å²) in [5.74, 6) is -1.81. The van der Waals surface area contributed by atoms with E-state index >= 15 is 0 Å². The summed E-state index contributed by atoms with van der Waals surface area (Å²) in [6, 6.07) is 16.2. The number of aliphatic carboxylic acids is 1. The van der Waals surface area contributed by atoms with Crippen molar-refractivity contribution >= 4 is 24.0 Å². The lowest BCUT2D eigenvalue weighted by atomic mass is 9.88. The number of carbonyl (C=O) groups is 3. The van der Waals surface area contributed by atoms with Crippen molar-refractivity contribution in [2.45, 2.75) is 38.6 Å². The van der Waals surface area contributed by atoms with Crippen molar-refractivity contribution in [2.24, 2.45) is 5.92 Å². The summed E-state index contributed by atoms with van der Waals surface area (Å²) in [5, 5.41) is 12.2. The molecule has 1 heterocycles. The Labute approximate surface area is 181 Å². The Morgan fingerprint density at radius 2 is 1.71 bits per heavy atom.